The molecule has 0 heterocycles. The predicted octanol–water partition coefficient (Wildman–Crippen LogP) is 9.74. The van der Waals surface area contributed by atoms with Crippen molar-refractivity contribution in [1.82, 2.24) is 0 Å². The lowest BCUT2D eigenvalue weighted by Gasteiger charge is -2.19. The number of esters is 2. The number of unbranched alkanes of at least 4 members (excludes halogenated alkanes) is 15. The number of phosphoric acid groups is 1. The molecule has 10 nitrogen and oxygen atoms in total. The molecule has 0 fully saturated rings. The highest BCUT2D eigenvalue weighted by atomic mass is 31.2. The van der Waals surface area contributed by atoms with Gasteiger partial charge in [-0.15, -0.1) is 0 Å². The summed E-state index contributed by atoms with van der Waals surface area (Å²) in [6.07, 6.45) is 36.0. The zero-order chi connectivity index (χ0) is 37.7. The van der Waals surface area contributed by atoms with E-state index in [9.17, 15) is 24.2 Å². The molecule has 0 saturated heterocycles. The van der Waals surface area contributed by atoms with E-state index in [1.807, 2.05) is 36.5 Å². The number of phosphoric ester groups is 1. The minimum Gasteiger partial charge on any atom is -0.462 e. The van der Waals surface area contributed by atoms with Gasteiger partial charge >= 0.3 is 19.8 Å². The van der Waals surface area contributed by atoms with Crippen LogP contribution in [-0.4, -0.2) is 60.5 Å². The third kappa shape index (κ3) is 36.1. The van der Waals surface area contributed by atoms with Gasteiger partial charge in [0.1, 0.15) is 6.61 Å². The molecule has 3 atom stereocenters. The van der Waals surface area contributed by atoms with E-state index in [0.717, 1.165) is 32.1 Å². The van der Waals surface area contributed by atoms with E-state index in [0.29, 0.717) is 19.3 Å². The van der Waals surface area contributed by atoms with Crippen LogP contribution in [0.25, 0.3) is 0 Å². The topological polar surface area (TPSA) is 155 Å². The fourth-order valence-corrected chi connectivity index (χ4v) is 5.83. The van der Waals surface area contributed by atoms with Crippen molar-refractivity contribution in [3.8, 4) is 0 Å². The molecule has 1 unspecified atom stereocenters. The second-order valence-corrected chi connectivity index (χ2v) is 14.5. The summed E-state index contributed by atoms with van der Waals surface area (Å²) < 4.78 is 32.6. The molecule has 0 bridgehead atoms. The summed E-state index contributed by atoms with van der Waals surface area (Å²) >= 11 is 0. The van der Waals surface area contributed by atoms with Crippen LogP contribution in [0.3, 0.4) is 0 Å². The molecule has 0 radical (unpaired) electrons. The van der Waals surface area contributed by atoms with Gasteiger partial charge in [0.15, 0.2) is 6.10 Å². The summed E-state index contributed by atoms with van der Waals surface area (Å²) in [5.74, 6) is -0.935. The van der Waals surface area contributed by atoms with Crippen molar-refractivity contribution in [2.75, 3.05) is 26.4 Å². The highest BCUT2D eigenvalue weighted by Gasteiger charge is 2.25. The maximum atomic E-state index is 12.5. The third-order valence-corrected chi connectivity index (χ3v) is 9.03. The largest absolute Gasteiger partial charge is 0.472 e. The van der Waals surface area contributed by atoms with Gasteiger partial charge in [-0.3, -0.25) is 18.6 Å². The molecule has 4 N–H and O–H groups in total. The Bertz CT molecular complexity index is 998. The zero-order valence-electron chi connectivity index (χ0n) is 31.9. The Morgan fingerprint density at radius 3 is 1.94 bits per heavy atom. The van der Waals surface area contributed by atoms with Crippen molar-refractivity contribution in [2.45, 2.75) is 167 Å². The van der Waals surface area contributed by atoms with Gasteiger partial charge in [0, 0.05) is 19.4 Å². The van der Waals surface area contributed by atoms with Crippen molar-refractivity contribution in [3.63, 3.8) is 0 Å². The van der Waals surface area contributed by atoms with Crippen molar-refractivity contribution in [1.29, 1.82) is 0 Å². The molecule has 11 heteroatoms. The maximum Gasteiger partial charge on any atom is 0.472 e. The highest BCUT2D eigenvalue weighted by Crippen LogP contribution is 2.43. The van der Waals surface area contributed by atoms with E-state index < -0.39 is 38.6 Å². The molecular formula is C40H72NO9P. The van der Waals surface area contributed by atoms with Gasteiger partial charge in [-0.05, 0) is 44.9 Å². The number of carbonyl (C=O) groups excluding carboxylic acids is 2. The van der Waals surface area contributed by atoms with Gasteiger partial charge in [-0.25, -0.2) is 4.57 Å². The number of rotatable bonds is 36. The van der Waals surface area contributed by atoms with E-state index >= 15 is 0 Å². The summed E-state index contributed by atoms with van der Waals surface area (Å²) in [5, 5.41) is 10.0. The maximum absolute atomic E-state index is 12.5. The quantitative estimate of drug-likeness (QED) is 0.0186. The first-order chi connectivity index (χ1) is 24.7. The number of hydrogen-bond donors (Lipinski definition) is 3. The Kier molecular flexibility index (Phi) is 34.8. The van der Waals surface area contributed by atoms with Crippen molar-refractivity contribution < 1.29 is 42.7 Å². The van der Waals surface area contributed by atoms with Crippen LogP contribution in [-0.2, 0) is 32.7 Å². The molecular weight excluding hydrogens is 669 g/mol. The van der Waals surface area contributed by atoms with Crippen molar-refractivity contribution in [3.05, 3.63) is 48.6 Å². The smallest absolute Gasteiger partial charge is 0.462 e. The first kappa shape index (κ1) is 48.9. The second-order valence-electron chi connectivity index (χ2n) is 13.0. The summed E-state index contributed by atoms with van der Waals surface area (Å²) in [5.41, 5.74) is 5.32. The number of aliphatic hydroxyl groups is 1. The Labute approximate surface area is 309 Å². The van der Waals surface area contributed by atoms with E-state index in [2.05, 4.69) is 19.9 Å². The molecule has 0 aromatic rings. The predicted molar refractivity (Wildman–Crippen MR) is 207 cm³/mol. The van der Waals surface area contributed by atoms with Crippen LogP contribution in [0.5, 0.6) is 0 Å². The average molecular weight is 742 g/mol. The molecule has 0 aromatic heterocycles. The second kappa shape index (κ2) is 36.3. The van der Waals surface area contributed by atoms with E-state index in [1.54, 1.807) is 6.08 Å². The molecule has 51 heavy (non-hydrogen) atoms. The van der Waals surface area contributed by atoms with Crippen LogP contribution in [0.2, 0.25) is 0 Å². The molecule has 0 rings (SSSR count). The minimum atomic E-state index is -4.40. The Morgan fingerprint density at radius 1 is 0.686 bits per heavy atom. The highest BCUT2D eigenvalue weighted by molar-refractivity contribution is 7.47. The zero-order valence-corrected chi connectivity index (χ0v) is 32.8. The molecule has 0 aliphatic heterocycles. The van der Waals surface area contributed by atoms with Crippen LogP contribution >= 0.6 is 7.82 Å². The number of ether oxygens (including phenoxy) is 2. The number of allylic oxidation sites excluding steroid dienone is 6. The molecule has 296 valence electrons. The summed E-state index contributed by atoms with van der Waals surface area (Å²) in [7, 11) is -4.40. The Balaban J connectivity index is 4.39. The van der Waals surface area contributed by atoms with Crippen molar-refractivity contribution in [2.24, 2.45) is 5.73 Å². The lowest BCUT2D eigenvalue weighted by atomic mass is 10.0. The van der Waals surface area contributed by atoms with E-state index in [-0.39, 0.29) is 32.6 Å². The van der Waals surface area contributed by atoms with Crippen LogP contribution in [0.4, 0.5) is 0 Å². The molecule has 0 spiro atoms. The summed E-state index contributed by atoms with van der Waals surface area (Å²) in [6, 6.07) is 0. The van der Waals surface area contributed by atoms with Crippen LogP contribution in [0.15, 0.2) is 48.6 Å². The van der Waals surface area contributed by atoms with Crippen LogP contribution < -0.4 is 5.73 Å². The fourth-order valence-electron chi connectivity index (χ4n) is 5.06. The SMILES string of the molecule is CCCCC/C=C\C[C@H](O)/C=C/C=C\C/C=C\CCCC(=O)O[C@H](COC(=O)CCCCCCCCCCCCCC)COP(=O)(O)OCCN. The molecule has 0 aromatic carbocycles. The van der Waals surface area contributed by atoms with Gasteiger partial charge in [0.2, 0.25) is 0 Å². The first-order valence-corrected chi connectivity index (χ1v) is 21.2. The van der Waals surface area contributed by atoms with Crippen molar-refractivity contribution >= 4 is 19.8 Å². The molecule has 0 amide bonds. The summed E-state index contributed by atoms with van der Waals surface area (Å²) in [6.45, 7) is 3.52. The summed E-state index contributed by atoms with van der Waals surface area (Å²) in [4.78, 5) is 34.7. The van der Waals surface area contributed by atoms with Gasteiger partial charge in [-0.2, -0.15) is 0 Å². The number of carbonyl (C=O) groups is 2. The Hall–Kier alpha value is -2.07. The Morgan fingerprint density at radius 2 is 1.27 bits per heavy atom. The lowest BCUT2D eigenvalue weighted by molar-refractivity contribution is -0.161. The molecule has 0 aliphatic rings. The van der Waals surface area contributed by atoms with Gasteiger partial charge < -0.3 is 25.2 Å². The van der Waals surface area contributed by atoms with Crippen LogP contribution in [0, 0.1) is 0 Å². The van der Waals surface area contributed by atoms with Gasteiger partial charge in [-0.1, -0.05) is 146 Å². The van der Waals surface area contributed by atoms with E-state index in [1.165, 1.54) is 77.0 Å². The van der Waals surface area contributed by atoms with Crippen LogP contribution in [0.1, 0.15) is 155 Å². The van der Waals surface area contributed by atoms with E-state index in [4.69, 9.17) is 24.3 Å². The number of hydrogen-bond acceptors (Lipinski definition) is 9. The molecule has 0 saturated carbocycles. The number of nitrogens with two attached hydrogens (primary N) is 1. The fraction of sp³-hybridized carbons (Fsp3) is 0.750. The monoisotopic (exact) mass is 741 g/mol. The van der Waals surface area contributed by atoms with Gasteiger partial charge in [0.25, 0.3) is 0 Å². The number of aliphatic hydroxyl groups excluding tert-OH is 1. The van der Waals surface area contributed by atoms with Gasteiger partial charge in [0.05, 0.1) is 19.3 Å². The molecule has 0 aliphatic carbocycles. The average Bonchev–Trinajstić information content (AvgIpc) is 3.11. The minimum absolute atomic E-state index is 0.0341. The normalized spacial score (nSPS) is 14.5. The third-order valence-electron chi connectivity index (χ3n) is 8.05. The lowest BCUT2D eigenvalue weighted by Crippen LogP contribution is -2.29. The standard InChI is InChI=1S/C40H72NO9P/c1-3-5-7-9-11-12-13-14-15-19-23-27-31-39(43)47-35-38(36-49-51(45,46)48-34-33-41)50-40(44)32-28-24-20-17-16-18-22-26-30-37(42)29-25-21-10-8-6-4-2/h17-18,20-22,25-26,30,37-38,42H,3-16,19,23-24,27-29,31-36,41H2,1-2H3,(H,45,46)/b20-17-,22-18-,25-21-,30-26+/t37-,38+/m0/s1. The first-order valence-electron chi connectivity index (χ1n) is 19.7.